The molecule has 3 heteroatoms. The third-order valence-corrected chi connectivity index (χ3v) is 5.56. The van der Waals surface area contributed by atoms with Crippen LogP contribution >= 0.6 is 0 Å². The first kappa shape index (κ1) is 16.3. The lowest BCUT2D eigenvalue weighted by molar-refractivity contribution is 0.0423. The Labute approximate surface area is 125 Å². The molecule has 2 aliphatic rings. The lowest BCUT2D eigenvalue weighted by Gasteiger charge is -2.37. The van der Waals surface area contributed by atoms with E-state index in [1.165, 1.54) is 32.2 Å². The highest BCUT2D eigenvalue weighted by Crippen LogP contribution is 2.31. The molecule has 0 spiro atoms. The molecule has 1 heterocycles. The highest BCUT2D eigenvalue weighted by molar-refractivity contribution is 4.89. The molecule has 20 heavy (non-hydrogen) atoms. The molecule has 1 aliphatic carbocycles. The average molecular weight is 282 g/mol. The average Bonchev–Trinajstić information content (AvgIpc) is 3.24. The van der Waals surface area contributed by atoms with Crippen LogP contribution in [0.2, 0.25) is 0 Å². The van der Waals surface area contributed by atoms with E-state index in [4.69, 9.17) is 0 Å². The van der Waals surface area contributed by atoms with Crippen molar-refractivity contribution in [3.05, 3.63) is 0 Å². The van der Waals surface area contributed by atoms with Crippen LogP contribution in [0.15, 0.2) is 0 Å². The summed E-state index contributed by atoms with van der Waals surface area (Å²) in [5.41, 5.74) is -0.0269. The highest BCUT2D eigenvalue weighted by Gasteiger charge is 2.33. The summed E-state index contributed by atoms with van der Waals surface area (Å²) < 4.78 is 0. The molecule has 2 N–H and O–H groups in total. The van der Waals surface area contributed by atoms with Gasteiger partial charge in [0.05, 0.1) is 5.60 Å². The van der Waals surface area contributed by atoms with Gasteiger partial charge in [0.1, 0.15) is 0 Å². The minimum atomic E-state index is -0.442. The SMILES string of the molecule is CCC(CC)(CNC1CC1)CN1CCCC(C)(O)CC1. The van der Waals surface area contributed by atoms with Crippen LogP contribution in [0.25, 0.3) is 0 Å². The van der Waals surface area contributed by atoms with Crippen molar-refractivity contribution in [1.29, 1.82) is 0 Å². The van der Waals surface area contributed by atoms with Gasteiger partial charge < -0.3 is 15.3 Å². The first-order valence-corrected chi connectivity index (χ1v) is 8.67. The van der Waals surface area contributed by atoms with Gasteiger partial charge in [-0.1, -0.05) is 13.8 Å². The van der Waals surface area contributed by atoms with E-state index in [0.717, 1.165) is 44.9 Å². The van der Waals surface area contributed by atoms with Crippen molar-refractivity contribution in [3.63, 3.8) is 0 Å². The Morgan fingerprint density at radius 2 is 1.90 bits per heavy atom. The Morgan fingerprint density at radius 3 is 2.50 bits per heavy atom. The van der Waals surface area contributed by atoms with Gasteiger partial charge >= 0.3 is 0 Å². The first-order valence-electron chi connectivity index (χ1n) is 8.67. The molecule has 0 aromatic heterocycles. The normalized spacial score (nSPS) is 29.4. The van der Waals surface area contributed by atoms with Crippen molar-refractivity contribution in [1.82, 2.24) is 10.2 Å². The molecular weight excluding hydrogens is 248 g/mol. The van der Waals surface area contributed by atoms with Crippen LogP contribution in [0.5, 0.6) is 0 Å². The maximum absolute atomic E-state index is 10.2. The largest absolute Gasteiger partial charge is 0.390 e. The van der Waals surface area contributed by atoms with E-state index in [-0.39, 0.29) is 0 Å². The minimum absolute atomic E-state index is 0.415. The Bertz CT molecular complexity index is 295. The molecule has 0 aromatic carbocycles. The predicted molar refractivity (Wildman–Crippen MR) is 85.0 cm³/mol. The highest BCUT2D eigenvalue weighted by atomic mass is 16.3. The van der Waals surface area contributed by atoms with Gasteiger partial charge in [-0.3, -0.25) is 0 Å². The fourth-order valence-corrected chi connectivity index (χ4v) is 3.38. The number of nitrogens with zero attached hydrogens (tertiary/aromatic N) is 1. The summed E-state index contributed by atoms with van der Waals surface area (Å²) in [4.78, 5) is 2.60. The number of likely N-dealkylation sites (tertiary alicyclic amines) is 1. The quantitative estimate of drug-likeness (QED) is 0.754. The van der Waals surface area contributed by atoms with Crippen LogP contribution in [0.4, 0.5) is 0 Å². The molecule has 1 aliphatic heterocycles. The Morgan fingerprint density at radius 1 is 1.20 bits per heavy atom. The maximum atomic E-state index is 10.2. The molecule has 0 amide bonds. The van der Waals surface area contributed by atoms with Gasteiger partial charge in [-0.15, -0.1) is 0 Å². The second kappa shape index (κ2) is 6.76. The summed E-state index contributed by atoms with van der Waals surface area (Å²) in [5.74, 6) is 0. The van der Waals surface area contributed by atoms with Crippen molar-refractivity contribution < 1.29 is 5.11 Å². The van der Waals surface area contributed by atoms with Gasteiger partial charge in [-0.2, -0.15) is 0 Å². The number of nitrogens with one attached hydrogen (secondary N) is 1. The standard InChI is InChI=1S/C17H34N2O/c1-4-17(5-2,13-18-15-7-8-15)14-19-11-6-9-16(3,20)10-12-19/h15,18,20H,4-14H2,1-3H3. The molecule has 1 saturated heterocycles. The third kappa shape index (κ3) is 4.71. The Kier molecular flexibility index (Phi) is 5.49. The van der Waals surface area contributed by atoms with E-state index in [1.54, 1.807) is 0 Å². The van der Waals surface area contributed by atoms with Gasteiger partial charge in [0.15, 0.2) is 0 Å². The van der Waals surface area contributed by atoms with Crippen LogP contribution < -0.4 is 5.32 Å². The maximum Gasteiger partial charge on any atom is 0.0632 e. The zero-order valence-corrected chi connectivity index (χ0v) is 13.7. The van der Waals surface area contributed by atoms with Gasteiger partial charge in [0.2, 0.25) is 0 Å². The summed E-state index contributed by atoms with van der Waals surface area (Å²) in [6, 6.07) is 0.803. The summed E-state index contributed by atoms with van der Waals surface area (Å²) in [5, 5.41) is 14.0. The zero-order chi connectivity index (χ0) is 14.6. The molecule has 2 rings (SSSR count). The number of rotatable bonds is 7. The van der Waals surface area contributed by atoms with Crippen LogP contribution in [-0.4, -0.2) is 47.8 Å². The summed E-state index contributed by atoms with van der Waals surface area (Å²) in [6.45, 7) is 11.2. The van der Waals surface area contributed by atoms with Gasteiger partial charge in [0, 0.05) is 25.7 Å². The zero-order valence-electron chi connectivity index (χ0n) is 13.7. The Balaban J connectivity index is 1.88. The third-order valence-electron chi connectivity index (χ3n) is 5.56. The van der Waals surface area contributed by atoms with Crippen LogP contribution in [0.1, 0.15) is 65.7 Å². The first-order chi connectivity index (χ1) is 9.49. The van der Waals surface area contributed by atoms with Crippen LogP contribution in [-0.2, 0) is 0 Å². The van der Waals surface area contributed by atoms with Crippen molar-refractivity contribution in [2.24, 2.45) is 5.41 Å². The van der Waals surface area contributed by atoms with E-state index in [0.29, 0.717) is 5.41 Å². The molecule has 0 aromatic rings. The molecule has 1 saturated carbocycles. The van der Waals surface area contributed by atoms with Gasteiger partial charge in [0.25, 0.3) is 0 Å². The number of aliphatic hydroxyl groups is 1. The van der Waals surface area contributed by atoms with Gasteiger partial charge in [-0.05, 0) is 63.8 Å². The molecule has 0 bridgehead atoms. The molecule has 0 radical (unpaired) electrons. The Hall–Kier alpha value is -0.120. The number of hydrogen-bond donors (Lipinski definition) is 2. The second-order valence-corrected chi connectivity index (χ2v) is 7.49. The fraction of sp³-hybridized carbons (Fsp3) is 1.00. The predicted octanol–water partition coefficient (Wildman–Crippen LogP) is 2.78. The molecule has 1 unspecified atom stereocenters. The molecule has 118 valence electrons. The summed E-state index contributed by atoms with van der Waals surface area (Å²) >= 11 is 0. The van der Waals surface area contributed by atoms with E-state index < -0.39 is 5.60 Å². The fourth-order valence-electron chi connectivity index (χ4n) is 3.38. The van der Waals surface area contributed by atoms with Crippen LogP contribution in [0, 0.1) is 5.41 Å². The van der Waals surface area contributed by atoms with Crippen LogP contribution in [0.3, 0.4) is 0 Å². The van der Waals surface area contributed by atoms with E-state index >= 15 is 0 Å². The van der Waals surface area contributed by atoms with E-state index in [9.17, 15) is 5.11 Å². The lowest BCUT2D eigenvalue weighted by Crippen LogP contribution is -2.44. The number of hydrogen-bond acceptors (Lipinski definition) is 3. The van der Waals surface area contributed by atoms with Gasteiger partial charge in [-0.25, -0.2) is 0 Å². The topological polar surface area (TPSA) is 35.5 Å². The molecule has 3 nitrogen and oxygen atoms in total. The van der Waals surface area contributed by atoms with Crippen molar-refractivity contribution in [2.75, 3.05) is 26.2 Å². The minimum Gasteiger partial charge on any atom is -0.390 e. The molecular formula is C17H34N2O. The monoisotopic (exact) mass is 282 g/mol. The van der Waals surface area contributed by atoms with Crippen molar-refractivity contribution >= 4 is 0 Å². The van der Waals surface area contributed by atoms with E-state index in [1.807, 2.05) is 6.92 Å². The summed E-state index contributed by atoms with van der Waals surface area (Å²) in [7, 11) is 0. The van der Waals surface area contributed by atoms with Crippen molar-refractivity contribution in [2.45, 2.75) is 77.4 Å². The smallest absolute Gasteiger partial charge is 0.0632 e. The van der Waals surface area contributed by atoms with E-state index in [2.05, 4.69) is 24.1 Å². The second-order valence-electron chi connectivity index (χ2n) is 7.49. The van der Waals surface area contributed by atoms with Crippen molar-refractivity contribution in [3.8, 4) is 0 Å². The molecule has 1 atom stereocenters. The summed E-state index contributed by atoms with van der Waals surface area (Å²) in [6.07, 6.45) is 8.24. The lowest BCUT2D eigenvalue weighted by atomic mass is 9.81. The molecule has 2 fully saturated rings.